The van der Waals surface area contributed by atoms with Gasteiger partial charge in [0.15, 0.2) is 0 Å². The lowest BCUT2D eigenvalue weighted by molar-refractivity contribution is -0.137. The Balaban J connectivity index is 1.17. The first-order valence-electron chi connectivity index (χ1n) is 16.5. The van der Waals surface area contributed by atoms with Crippen LogP contribution in [0, 0.1) is 17.3 Å². The van der Waals surface area contributed by atoms with Gasteiger partial charge in [0, 0.05) is 57.1 Å². The Morgan fingerprint density at radius 1 is 0.978 bits per heavy atom. The lowest BCUT2D eigenvalue weighted by Gasteiger charge is -2.57. The predicted octanol–water partition coefficient (Wildman–Crippen LogP) is 7.72. The van der Waals surface area contributed by atoms with Gasteiger partial charge in [0.1, 0.15) is 0 Å². The Labute approximate surface area is 265 Å². The maximum atomic E-state index is 13.5. The van der Waals surface area contributed by atoms with Crippen LogP contribution in [0.3, 0.4) is 0 Å². The number of nitrogens with zero attached hydrogens (tertiary/aromatic N) is 3. The third-order valence-corrected chi connectivity index (χ3v) is 10.3. The number of piperazine rings is 1. The molecule has 2 aromatic carbocycles. The molecule has 2 unspecified atom stereocenters. The number of benzene rings is 2. The highest BCUT2D eigenvalue weighted by molar-refractivity contribution is 5.94. The number of unbranched alkanes of at least 4 members (excludes halogenated alkanes) is 2. The fraction of sp³-hybridized carbons (Fsp3) is 0.556. The van der Waals surface area contributed by atoms with Crippen molar-refractivity contribution < 1.29 is 22.8 Å². The quantitative estimate of drug-likeness (QED) is 0.206. The van der Waals surface area contributed by atoms with Gasteiger partial charge in [0.05, 0.1) is 5.56 Å². The number of carbonyl (C=O) groups excluding carboxylic acids is 2. The van der Waals surface area contributed by atoms with Crippen LogP contribution >= 0.6 is 0 Å². The number of hydrogen-bond donors (Lipinski definition) is 1. The van der Waals surface area contributed by atoms with Crippen LogP contribution in [0.15, 0.2) is 60.2 Å². The smallest absolute Gasteiger partial charge is 0.336 e. The van der Waals surface area contributed by atoms with E-state index in [2.05, 4.69) is 49.2 Å². The van der Waals surface area contributed by atoms with Crippen molar-refractivity contribution in [3.05, 3.63) is 76.9 Å². The number of urea groups is 1. The van der Waals surface area contributed by atoms with Crippen molar-refractivity contribution in [2.75, 3.05) is 51.1 Å². The Morgan fingerprint density at radius 2 is 1.67 bits per heavy atom. The van der Waals surface area contributed by atoms with Crippen molar-refractivity contribution >= 4 is 17.6 Å². The van der Waals surface area contributed by atoms with Gasteiger partial charge in [-0.15, -0.1) is 0 Å². The van der Waals surface area contributed by atoms with E-state index in [4.69, 9.17) is 0 Å². The Hall–Kier alpha value is -3.33. The average Bonchev–Trinajstić information content (AvgIpc) is 3.03. The minimum absolute atomic E-state index is 0.0537. The van der Waals surface area contributed by atoms with Gasteiger partial charge in [0.25, 0.3) is 5.91 Å². The molecule has 3 amide bonds. The van der Waals surface area contributed by atoms with E-state index in [1.165, 1.54) is 36.1 Å². The van der Waals surface area contributed by atoms with E-state index in [0.717, 1.165) is 56.5 Å². The minimum Gasteiger partial charge on any atom is -0.336 e. The van der Waals surface area contributed by atoms with Crippen LogP contribution in [-0.2, 0) is 12.6 Å². The van der Waals surface area contributed by atoms with Crippen molar-refractivity contribution in [1.29, 1.82) is 0 Å². The number of carbonyl (C=O) groups is 2. The standard InChI is InChI=1S/C36H47F3N4O2/c1-4-5-6-7-26-8-10-27(11-9-26)33(44)42-21-18-41(19-22-42)20-23-43(25-28-12-13-30-24-32(28)35(30,2)3)34(45)40-31-16-14-29(15-17-31)36(37,38)39/h8-12,14-17,30,32H,4-7,13,18-25H2,1-3H3,(H,40,45). The molecule has 45 heavy (non-hydrogen) atoms. The number of amides is 3. The number of hydrogen-bond acceptors (Lipinski definition) is 3. The molecule has 1 aliphatic heterocycles. The molecule has 6 nitrogen and oxygen atoms in total. The molecule has 0 spiro atoms. The van der Waals surface area contributed by atoms with E-state index >= 15 is 0 Å². The summed E-state index contributed by atoms with van der Waals surface area (Å²) in [5.41, 5.74) is 3.07. The van der Waals surface area contributed by atoms with Gasteiger partial charge in [-0.3, -0.25) is 9.69 Å². The molecule has 2 aromatic rings. The number of nitrogens with one attached hydrogen (secondary N) is 1. The molecule has 2 bridgehead atoms. The van der Waals surface area contributed by atoms with Crippen molar-refractivity contribution in [1.82, 2.24) is 14.7 Å². The number of rotatable bonds is 11. The minimum atomic E-state index is -4.43. The van der Waals surface area contributed by atoms with Crippen LogP contribution in [-0.4, -0.2) is 72.5 Å². The maximum Gasteiger partial charge on any atom is 0.416 e. The van der Waals surface area contributed by atoms with Crippen LogP contribution in [0.25, 0.3) is 0 Å². The molecule has 0 aromatic heterocycles. The average molecular weight is 625 g/mol. The van der Waals surface area contributed by atoms with Crippen LogP contribution in [0.4, 0.5) is 23.7 Å². The molecule has 6 rings (SSSR count). The normalized spacial score (nSPS) is 21.1. The van der Waals surface area contributed by atoms with Crippen LogP contribution in [0.5, 0.6) is 0 Å². The first-order valence-corrected chi connectivity index (χ1v) is 16.5. The lowest BCUT2D eigenvalue weighted by atomic mass is 9.49. The summed E-state index contributed by atoms with van der Waals surface area (Å²) < 4.78 is 39.1. The number of fused-ring (bicyclic) bond motifs is 1. The molecule has 2 fully saturated rings. The molecule has 3 aliphatic carbocycles. The molecule has 1 saturated carbocycles. The van der Waals surface area contributed by atoms with Crippen molar-refractivity contribution in [3.8, 4) is 0 Å². The first kappa shape index (κ1) is 33.0. The summed E-state index contributed by atoms with van der Waals surface area (Å²) >= 11 is 0. The molecule has 244 valence electrons. The summed E-state index contributed by atoms with van der Waals surface area (Å²) in [7, 11) is 0. The summed E-state index contributed by atoms with van der Waals surface area (Å²) in [4.78, 5) is 32.6. The van der Waals surface area contributed by atoms with E-state index in [0.29, 0.717) is 50.2 Å². The molecule has 0 radical (unpaired) electrons. The molecule has 4 aliphatic rings. The topological polar surface area (TPSA) is 55.9 Å². The fourth-order valence-corrected chi connectivity index (χ4v) is 7.09. The third kappa shape index (κ3) is 7.91. The highest BCUT2D eigenvalue weighted by atomic mass is 19.4. The van der Waals surface area contributed by atoms with Gasteiger partial charge in [-0.1, -0.05) is 57.4 Å². The molecular formula is C36H47F3N4O2. The molecule has 2 atom stereocenters. The zero-order chi connectivity index (χ0) is 32.2. The van der Waals surface area contributed by atoms with Gasteiger partial charge in [0.2, 0.25) is 0 Å². The van der Waals surface area contributed by atoms with Crippen LogP contribution < -0.4 is 5.32 Å². The number of allylic oxidation sites excluding steroid dienone is 1. The van der Waals surface area contributed by atoms with E-state index in [-0.39, 0.29) is 17.4 Å². The van der Waals surface area contributed by atoms with Crippen molar-refractivity contribution in [2.45, 2.75) is 65.5 Å². The first-order chi connectivity index (χ1) is 21.5. The van der Waals surface area contributed by atoms with Gasteiger partial charge in [-0.05, 0) is 84.9 Å². The van der Waals surface area contributed by atoms with Crippen molar-refractivity contribution in [3.63, 3.8) is 0 Å². The molecule has 1 N–H and O–H groups in total. The van der Waals surface area contributed by atoms with Gasteiger partial charge in [-0.25, -0.2) is 4.79 Å². The van der Waals surface area contributed by atoms with E-state index in [9.17, 15) is 22.8 Å². The van der Waals surface area contributed by atoms with E-state index in [1.807, 2.05) is 17.0 Å². The summed E-state index contributed by atoms with van der Waals surface area (Å²) in [6.07, 6.45) is 4.62. The summed E-state index contributed by atoms with van der Waals surface area (Å²) in [6, 6.07) is 12.3. The highest BCUT2D eigenvalue weighted by Gasteiger charge is 2.51. The monoisotopic (exact) mass is 624 g/mol. The zero-order valence-electron chi connectivity index (χ0n) is 26.8. The van der Waals surface area contributed by atoms with Gasteiger partial charge in [-0.2, -0.15) is 13.2 Å². The molecular weight excluding hydrogens is 577 g/mol. The van der Waals surface area contributed by atoms with Gasteiger partial charge < -0.3 is 15.1 Å². The van der Waals surface area contributed by atoms with E-state index in [1.54, 1.807) is 4.90 Å². The summed E-state index contributed by atoms with van der Waals surface area (Å²) in [5, 5.41) is 2.83. The van der Waals surface area contributed by atoms with Crippen molar-refractivity contribution in [2.24, 2.45) is 17.3 Å². The Bertz CT molecular complexity index is 1350. The lowest BCUT2D eigenvalue weighted by Crippen LogP contribution is -2.52. The maximum absolute atomic E-state index is 13.5. The Kier molecular flexibility index (Phi) is 10.3. The second-order valence-electron chi connectivity index (χ2n) is 13.5. The molecule has 1 saturated heterocycles. The third-order valence-electron chi connectivity index (χ3n) is 10.3. The SMILES string of the molecule is CCCCCc1ccc(C(=O)N2CCN(CCN(CC3=CCC4CC3C4(C)C)C(=O)Nc3ccc(C(F)(F)F)cc3)CC2)cc1. The van der Waals surface area contributed by atoms with E-state index < -0.39 is 11.7 Å². The number of anilines is 1. The zero-order valence-corrected chi connectivity index (χ0v) is 26.8. The largest absolute Gasteiger partial charge is 0.416 e. The van der Waals surface area contributed by atoms with Gasteiger partial charge >= 0.3 is 12.2 Å². The Morgan fingerprint density at radius 3 is 2.27 bits per heavy atom. The number of halogens is 3. The summed E-state index contributed by atoms with van der Waals surface area (Å²) in [6.45, 7) is 11.1. The van der Waals surface area contributed by atoms with Crippen LogP contribution in [0.1, 0.15) is 74.4 Å². The number of aryl methyl sites for hydroxylation is 1. The second kappa shape index (κ2) is 14.0. The second-order valence-corrected chi connectivity index (χ2v) is 13.5. The molecule has 1 heterocycles. The fourth-order valence-electron chi connectivity index (χ4n) is 7.09. The molecule has 9 heteroatoms. The predicted molar refractivity (Wildman–Crippen MR) is 172 cm³/mol. The number of alkyl halides is 3. The summed E-state index contributed by atoms with van der Waals surface area (Å²) in [5.74, 6) is 1.18. The van der Waals surface area contributed by atoms with Crippen LogP contribution in [0.2, 0.25) is 0 Å². The highest BCUT2D eigenvalue weighted by Crippen LogP contribution is 2.59.